The molecule has 4 heteroatoms. The molecule has 0 aliphatic carbocycles. The second-order valence-corrected chi connectivity index (χ2v) is 7.44. The number of nitrogens with zero attached hydrogens (tertiary/aromatic N) is 1. The number of benzene rings is 2. The zero-order chi connectivity index (χ0) is 17.1. The highest BCUT2D eigenvalue weighted by Crippen LogP contribution is 2.28. The Morgan fingerprint density at radius 2 is 1.88 bits per heavy atom. The number of hydrogen-bond donors (Lipinski definition) is 0. The third-order valence-corrected chi connectivity index (χ3v) is 5.22. The Morgan fingerprint density at radius 3 is 2.54 bits per heavy atom. The lowest BCUT2D eigenvalue weighted by atomic mass is 10.1. The SMILES string of the molecule is Cc1ccc(-c2ccc(/C=C(/C#N)c3ccc(I)cc3)o2)cc1Br. The fourth-order valence-electron chi connectivity index (χ4n) is 2.28. The van der Waals surface area contributed by atoms with Gasteiger partial charge in [0.1, 0.15) is 11.5 Å². The molecular formula is C20H13BrINO. The van der Waals surface area contributed by atoms with Crippen LogP contribution in [-0.4, -0.2) is 0 Å². The van der Waals surface area contributed by atoms with Crippen molar-refractivity contribution in [2.75, 3.05) is 0 Å². The first-order valence-corrected chi connectivity index (χ1v) is 9.18. The highest BCUT2D eigenvalue weighted by atomic mass is 127. The van der Waals surface area contributed by atoms with Crippen LogP contribution in [0.2, 0.25) is 0 Å². The van der Waals surface area contributed by atoms with Crippen molar-refractivity contribution >= 4 is 50.2 Å². The Balaban J connectivity index is 1.93. The van der Waals surface area contributed by atoms with E-state index in [-0.39, 0.29) is 0 Å². The first-order valence-electron chi connectivity index (χ1n) is 7.31. The first-order chi connectivity index (χ1) is 11.6. The van der Waals surface area contributed by atoms with Gasteiger partial charge in [0.15, 0.2) is 0 Å². The van der Waals surface area contributed by atoms with E-state index in [0.29, 0.717) is 11.3 Å². The number of halogens is 2. The van der Waals surface area contributed by atoms with Gasteiger partial charge in [-0.2, -0.15) is 5.26 Å². The Labute approximate surface area is 163 Å². The van der Waals surface area contributed by atoms with Crippen LogP contribution < -0.4 is 0 Å². The largest absolute Gasteiger partial charge is 0.457 e. The Kier molecular flexibility index (Phi) is 5.22. The molecule has 3 rings (SSSR count). The number of allylic oxidation sites excluding steroid dienone is 1. The van der Waals surface area contributed by atoms with E-state index in [9.17, 15) is 5.26 Å². The molecule has 1 aromatic heterocycles. The lowest BCUT2D eigenvalue weighted by Crippen LogP contribution is -1.81. The Bertz CT molecular complexity index is 949. The van der Waals surface area contributed by atoms with E-state index in [2.05, 4.69) is 44.6 Å². The van der Waals surface area contributed by atoms with E-state index >= 15 is 0 Å². The molecule has 0 aliphatic rings. The molecule has 3 aromatic rings. The summed E-state index contributed by atoms with van der Waals surface area (Å²) in [5.74, 6) is 1.44. The molecular weight excluding hydrogens is 477 g/mol. The van der Waals surface area contributed by atoms with Gasteiger partial charge in [-0.1, -0.05) is 40.2 Å². The van der Waals surface area contributed by atoms with Crippen LogP contribution in [0.5, 0.6) is 0 Å². The highest BCUT2D eigenvalue weighted by Gasteiger charge is 2.07. The van der Waals surface area contributed by atoms with Crippen molar-refractivity contribution in [2.45, 2.75) is 6.92 Å². The minimum absolute atomic E-state index is 0.581. The summed E-state index contributed by atoms with van der Waals surface area (Å²) in [6.45, 7) is 2.05. The van der Waals surface area contributed by atoms with Crippen molar-refractivity contribution in [1.82, 2.24) is 0 Å². The molecule has 0 bridgehead atoms. The molecule has 1 heterocycles. The van der Waals surface area contributed by atoms with Crippen LogP contribution >= 0.6 is 38.5 Å². The average Bonchev–Trinajstić information content (AvgIpc) is 3.05. The maximum absolute atomic E-state index is 9.43. The topological polar surface area (TPSA) is 36.9 Å². The van der Waals surface area contributed by atoms with Gasteiger partial charge in [-0.3, -0.25) is 0 Å². The summed E-state index contributed by atoms with van der Waals surface area (Å²) in [4.78, 5) is 0. The Morgan fingerprint density at radius 1 is 1.12 bits per heavy atom. The van der Waals surface area contributed by atoms with Gasteiger partial charge < -0.3 is 4.42 Å². The second-order valence-electron chi connectivity index (χ2n) is 5.34. The van der Waals surface area contributed by atoms with Crippen LogP contribution in [0.25, 0.3) is 23.0 Å². The van der Waals surface area contributed by atoms with Gasteiger partial charge in [-0.15, -0.1) is 0 Å². The number of hydrogen-bond acceptors (Lipinski definition) is 2. The summed E-state index contributed by atoms with van der Waals surface area (Å²) in [5, 5.41) is 9.43. The van der Waals surface area contributed by atoms with Crippen molar-refractivity contribution in [2.24, 2.45) is 0 Å². The van der Waals surface area contributed by atoms with Crippen molar-refractivity contribution in [1.29, 1.82) is 5.26 Å². The normalized spacial score (nSPS) is 11.3. The van der Waals surface area contributed by atoms with E-state index in [4.69, 9.17) is 4.42 Å². The summed E-state index contributed by atoms with van der Waals surface area (Å²) in [6, 6.07) is 20.0. The van der Waals surface area contributed by atoms with Crippen LogP contribution in [-0.2, 0) is 0 Å². The van der Waals surface area contributed by atoms with Gasteiger partial charge in [0, 0.05) is 13.6 Å². The summed E-state index contributed by atoms with van der Waals surface area (Å²) >= 11 is 5.79. The summed E-state index contributed by atoms with van der Waals surface area (Å²) in [7, 11) is 0. The predicted molar refractivity (Wildman–Crippen MR) is 109 cm³/mol. The molecule has 0 spiro atoms. The fraction of sp³-hybridized carbons (Fsp3) is 0.0500. The molecule has 0 aliphatic heterocycles. The third-order valence-electron chi connectivity index (χ3n) is 3.65. The van der Waals surface area contributed by atoms with Crippen LogP contribution in [0.4, 0.5) is 0 Å². The van der Waals surface area contributed by atoms with E-state index < -0.39 is 0 Å². The number of furan rings is 1. The van der Waals surface area contributed by atoms with Gasteiger partial charge in [0.25, 0.3) is 0 Å². The van der Waals surface area contributed by atoms with E-state index in [1.807, 2.05) is 61.5 Å². The van der Waals surface area contributed by atoms with Crippen LogP contribution in [0.3, 0.4) is 0 Å². The molecule has 0 saturated heterocycles. The van der Waals surface area contributed by atoms with Gasteiger partial charge >= 0.3 is 0 Å². The molecule has 2 aromatic carbocycles. The minimum Gasteiger partial charge on any atom is -0.457 e. The summed E-state index contributed by atoms with van der Waals surface area (Å²) in [5.41, 5.74) is 3.64. The van der Waals surface area contributed by atoms with Crippen LogP contribution in [0.15, 0.2) is 63.5 Å². The third kappa shape index (κ3) is 3.80. The maximum Gasteiger partial charge on any atom is 0.134 e. The molecule has 0 amide bonds. The lowest BCUT2D eigenvalue weighted by molar-refractivity contribution is 0.572. The van der Waals surface area contributed by atoms with Crippen LogP contribution in [0, 0.1) is 21.8 Å². The van der Waals surface area contributed by atoms with Gasteiger partial charge in [0.05, 0.1) is 11.6 Å². The zero-order valence-corrected chi connectivity index (χ0v) is 16.6. The molecule has 0 atom stereocenters. The number of rotatable bonds is 3. The Hall–Kier alpha value is -1.84. The van der Waals surface area contributed by atoms with Gasteiger partial charge in [-0.05, 0) is 77.0 Å². The van der Waals surface area contributed by atoms with Crippen molar-refractivity contribution in [3.63, 3.8) is 0 Å². The van der Waals surface area contributed by atoms with Crippen LogP contribution in [0.1, 0.15) is 16.9 Å². The summed E-state index contributed by atoms with van der Waals surface area (Å²) in [6.07, 6.45) is 1.77. The molecule has 0 radical (unpaired) electrons. The quantitative estimate of drug-likeness (QED) is 0.303. The zero-order valence-electron chi connectivity index (χ0n) is 12.9. The smallest absolute Gasteiger partial charge is 0.134 e. The van der Waals surface area contributed by atoms with Gasteiger partial charge in [-0.25, -0.2) is 0 Å². The monoisotopic (exact) mass is 489 g/mol. The molecule has 0 unspecified atom stereocenters. The van der Waals surface area contributed by atoms with Crippen molar-refractivity contribution in [3.8, 4) is 17.4 Å². The summed E-state index contributed by atoms with van der Waals surface area (Å²) < 4.78 is 8.08. The molecule has 24 heavy (non-hydrogen) atoms. The van der Waals surface area contributed by atoms with Crippen molar-refractivity contribution < 1.29 is 4.42 Å². The average molecular weight is 490 g/mol. The molecule has 2 nitrogen and oxygen atoms in total. The second kappa shape index (κ2) is 7.37. The first kappa shape index (κ1) is 17.0. The molecule has 0 N–H and O–H groups in total. The standard InChI is InChI=1S/C20H13BrINO/c1-13-2-3-15(11-19(13)21)20-9-8-18(24-20)10-16(12-23)14-4-6-17(22)7-5-14/h2-11H,1H3/b16-10-. The maximum atomic E-state index is 9.43. The van der Waals surface area contributed by atoms with E-state index in [1.165, 1.54) is 5.56 Å². The predicted octanol–water partition coefficient (Wildman–Crippen LogP) is 6.69. The molecule has 0 saturated carbocycles. The minimum atomic E-state index is 0.581. The van der Waals surface area contributed by atoms with E-state index in [1.54, 1.807) is 6.08 Å². The van der Waals surface area contributed by atoms with Gasteiger partial charge in [0.2, 0.25) is 0 Å². The van der Waals surface area contributed by atoms with Crippen molar-refractivity contribution in [3.05, 3.63) is 79.5 Å². The molecule has 118 valence electrons. The fourth-order valence-corrected chi connectivity index (χ4v) is 3.02. The number of aryl methyl sites for hydroxylation is 1. The van der Waals surface area contributed by atoms with E-state index in [0.717, 1.165) is 24.9 Å². The number of nitriles is 1. The lowest BCUT2D eigenvalue weighted by Gasteiger charge is -2.01. The highest BCUT2D eigenvalue weighted by molar-refractivity contribution is 14.1. The molecule has 0 fully saturated rings.